The highest BCUT2D eigenvalue weighted by molar-refractivity contribution is 6.41. The maximum atomic E-state index is 12.0. The molecular weight excluding hydrogens is 341 g/mol. The zero-order valence-corrected chi connectivity index (χ0v) is 15.1. The topological polar surface area (TPSA) is 128 Å². The van der Waals surface area contributed by atoms with Gasteiger partial charge < -0.3 is 30.3 Å². The Morgan fingerprint density at radius 2 is 1.96 bits per heavy atom. The lowest BCUT2D eigenvalue weighted by Crippen LogP contribution is -2.48. The Balaban J connectivity index is 4.07. The van der Waals surface area contributed by atoms with E-state index in [1.54, 1.807) is 30.4 Å². The Hall–Kier alpha value is -2.59. The van der Waals surface area contributed by atoms with Crippen LogP contribution in [0.1, 0.15) is 6.92 Å². The van der Waals surface area contributed by atoms with Crippen LogP contribution in [0.25, 0.3) is 0 Å². The minimum Gasteiger partial charge on any atom is -0.445 e. The van der Waals surface area contributed by atoms with Gasteiger partial charge >= 0.3 is 13.2 Å². The van der Waals surface area contributed by atoms with E-state index in [1.807, 2.05) is 0 Å². The number of likely N-dealkylation sites (N-methyl/N-ethyl adjacent to an activating group) is 1. The van der Waals surface area contributed by atoms with E-state index in [1.165, 1.54) is 18.9 Å². The summed E-state index contributed by atoms with van der Waals surface area (Å²) in [6.07, 6.45) is 7.58. The van der Waals surface area contributed by atoms with E-state index in [-0.39, 0.29) is 31.9 Å². The third-order valence-electron chi connectivity index (χ3n) is 3.05. The first kappa shape index (κ1) is 23.4. The summed E-state index contributed by atoms with van der Waals surface area (Å²) in [7, 11) is -0.0148. The first-order valence-electron chi connectivity index (χ1n) is 8.03. The summed E-state index contributed by atoms with van der Waals surface area (Å²) in [4.78, 5) is 36.4. The van der Waals surface area contributed by atoms with Crippen molar-refractivity contribution in [3.8, 4) is 0 Å². The van der Waals surface area contributed by atoms with Gasteiger partial charge in [-0.1, -0.05) is 30.9 Å². The van der Waals surface area contributed by atoms with Crippen LogP contribution < -0.4 is 10.6 Å². The fourth-order valence-corrected chi connectivity index (χ4v) is 1.71. The van der Waals surface area contributed by atoms with Gasteiger partial charge in [-0.25, -0.2) is 4.79 Å². The molecule has 0 aromatic carbocycles. The third-order valence-corrected chi connectivity index (χ3v) is 3.05. The maximum absolute atomic E-state index is 12.0. The Morgan fingerprint density at radius 1 is 1.27 bits per heavy atom. The molecule has 1 atom stereocenters. The molecule has 0 rings (SSSR count). The fourth-order valence-electron chi connectivity index (χ4n) is 1.71. The number of hydrogen-bond donors (Lipinski definition) is 4. The van der Waals surface area contributed by atoms with Crippen LogP contribution in [0.4, 0.5) is 4.79 Å². The van der Waals surface area contributed by atoms with Gasteiger partial charge in [0.2, 0.25) is 11.8 Å². The predicted molar refractivity (Wildman–Crippen MR) is 98.1 cm³/mol. The van der Waals surface area contributed by atoms with E-state index in [0.717, 1.165) is 0 Å². The van der Waals surface area contributed by atoms with Crippen molar-refractivity contribution in [3.05, 3.63) is 37.0 Å². The molecule has 10 heteroatoms. The minimum atomic E-state index is -1.50. The summed E-state index contributed by atoms with van der Waals surface area (Å²) in [5, 5.41) is 22.3. The molecule has 26 heavy (non-hydrogen) atoms. The van der Waals surface area contributed by atoms with Crippen LogP contribution in [0.5, 0.6) is 0 Å². The van der Waals surface area contributed by atoms with Gasteiger partial charge in [-0.05, 0) is 19.3 Å². The number of nitrogens with one attached hydrogen (secondary N) is 2. The van der Waals surface area contributed by atoms with E-state index in [2.05, 4.69) is 17.2 Å². The van der Waals surface area contributed by atoms with Crippen molar-refractivity contribution in [1.82, 2.24) is 15.5 Å². The van der Waals surface area contributed by atoms with Gasteiger partial charge in [0.15, 0.2) is 0 Å². The molecule has 0 saturated carbocycles. The van der Waals surface area contributed by atoms with Gasteiger partial charge in [-0.3, -0.25) is 9.59 Å². The molecule has 0 aliphatic carbocycles. The van der Waals surface area contributed by atoms with Gasteiger partial charge in [0.1, 0.15) is 19.2 Å². The number of allylic oxidation sites excluding steroid dienone is 4. The van der Waals surface area contributed by atoms with E-state index >= 15 is 0 Å². The summed E-state index contributed by atoms with van der Waals surface area (Å²) in [5.74, 6) is -0.942. The molecule has 3 amide bonds. The van der Waals surface area contributed by atoms with E-state index in [0.29, 0.717) is 0 Å². The van der Waals surface area contributed by atoms with Gasteiger partial charge in [0.05, 0.1) is 0 Å². The normalized spacial score (nSPS) is 11.8. The second kappa shape index (κ2) is 13.7. The Morgan fingerprint density at radius 3 is 2.58 bits per heavy atom. The highest BCUT2D eigenvalue weighted by Gasteiger charge is 2.20. The molecule has 0 aliphatic rings. The Labute approximate surface area is 153 Å². The maximum Gasteiger partial charge on any atom is 0.453 e. The largest absolute Gasteiger partial charge is 0.453 e. The Bertz CT molecular complexity index is 536. The SMILES string of the molecule is C=C/C=C\C=C\COC(=O)NCC(=O)NC(C)C(=O)N(C)CCB(O)O. The molecule has 0 aliphatic heterocycles. The van der Waals surface area contributed by atoms with Crippen molar-refractivity contribution in [3.63, 3.8) is 0 Å². The number of carbonyl (C=O) groups is 3. The monoisotopic (exact) mass is 367 g/mol. The molecule has 144 valence electrons. The molecule has 0 spiro atoms. The van der Waals surface area contributed by atoms with Crippen LogP contribution in [0, 0.1) is 0 Å². The lowest BCUT2D eigenvalue weighted by Gasteiger charge is -2.22. The zero-order valence-electron chi connectivity index (χ0n) is 15.1. The molecule has 4 N–H and O–H groups in total. The molecule has 9 nitrogen and oxygen atoms in total. The van der Waals surface area contributed by atoms with Crippen LogP contribution in [0.15, 0.2) is 37.0 Å². The summed E-state index contributed by atoms with van der Waals surface area (Å²) in [6, 6.07) is -0.819. The lowest BCUT2D eigenvalue weighted by atomic mass is 9.86. The second-order valence-corrected chi connectivity index (χ2v) is 5.32. The van der Waals surface area contributed by atoms with E-state index in [4.69, 9.17) is 14.8 Å². The Kier molecular flexibility index (Phi) is 12.3. The van der Waals surface area contributed by atoms with Crippen molar-refractivity contribution in [2.45, 2.75) is 19.3 Å². The third kappa shape index (κ3) is 11.9. The van der Waals surface area contributed by atoms with Crippen molar-refractivity contribution in [2.75, 3.05) is 26.7 Å². The van der Waals surface area contributed by atoms with Crippen LogP contribution >= 0.6 is 0 Å². The van der Waals surface area contributed by atoms with Crippen LogP contribution in [-0.4, -0.2) is 72.8 Å². The first-order chi connectivity index (χ1) is 12.3. The molecular formula is C16H26BN3O6. The predicted octanol–water partition coefficient (Wildman–Crippen LogP) is -0.553. The number of hydrogen-bond acceptors (Lipinski definition) is 6. The summed E-state index contributed by atoms with van der Waals surface area (Å²) < 4.78 is 4.82. The molecule has 0 radical (unpaired) electrons. The highest BCUT2D eigenvalue weighted by atomic mass is 16.5. The van der Waals surface area contributed by atoms with Crippen molar-refractivity contribution in [1.29, 1.82) is 0 Å². The summed E-state index contributed by atoms with van der Waals surface area (Å²) >= 11 is 0. The molecule has 0 aromatic rings. The second-order valence-electron chi connectivity index (χ2n) is 5.32. The fraction of sp³-hybridized carbons (Fsp3) is 0.438. The molecule has 0 heterocycles. The average Bonchev–Trinajstić information content (AvgIpc) is 2.59. The van der Waals surface area contributed by atoms with E-state index in [9.17, 15) is 14.4 Å². The summed E-state index contributed by atoms with van der Waals surface area (Å²) in [6.45, 7) is 4.84. The number of amides is 3. The number of carbonyl (C=O) groups excluding carboxylic acids is 3. The van der Waals surface area contributed by atoms with E-state index < -0.39 is 25.2 Å². The van der Waals surface area contributed by atoms with Crippen LogP contribution in [0.2, 0.25) is 6.32 Å². The van der Waals surface area contributed by atoms with Gasteiger partial charge in [0, 0.05) is 13.6 Å². The standard InChI is InChI=1S/C16H26BN3O6/c1-4-5-6-7-8-11-26-16(23)18-12-14(21)19-13(2)15(22)20(3)10-9-17(24)25/h4-8,13,24-25H,1,9-12H2,2-3H3,(H,18,23)(H,19,21)/b6-5-,8-7+. The zero-order chi connectivity index (χ0) is 19.9. The lowest BCUT2D eigenvalue weighted by molar-refractivity contribution is -0.134. The molecule has 1 unspecified atom stereocenters. The quantitative estimate of drug-likeness (QED) is 0.287. The van der Waals surface area contributed by atoms with Gasteiger partial charge in [-0.15, -0.1) is 0 Å². The number of rotatable bonds is 11. The molecule has 0 fully saturated rings. The van der Waals surface area contributed by atoms with Crippen molar-refractivity contribution >= 4 is 25.0 Å². The molecule has 0 aromatic heterocycles. The first-order valence-corrected chi connectivity index (χ1v) is 8.03. The molecule has 0 saturated heterocycles. The molecule has 0 bridgehead atoms. The van der Waals surface area contributed by atoms with Crippen LogP contribution in [0.3, 0.4) is 0 Å². The smallest absolute Gasteiger partial charge is 0.445 e. The highest BCUT2D eigenvalue weighted by Crippen LogP contribution is 1.96. The number of alkyl carbamates (subject to hydrolysis) is 1. The van der Waals surface area contributed by atoms with Crippen LogP contribution in [-0.2, 0) is 14.3 Å². The minimum absolute atomic E-state index is 0.00807. The van der Waals surface area contributed by atoms with Gasteiger partial charge in [-0.2, -0.15) is 0 Å². The van der Waals surface area contributed by atoms with Crippen molar-refractivity contribution < 1.29 is 29.2 Å². The summed E-state index contributed by atoms with van der Waals surface area (Å²) in [5.41, 5.74) is 0. The van der Waals surface area contributed by atoms with Gasteiger partial charge in [0.25, 0.3) is 0 Å². The average molecular weight is 367 g/mol. The van der Waals surface area contributed by atoms with Crippen molar-refractivity contribution in [2.24, 2.45) is 0 Å². The number of nitrogens with zero attached hydrogens (tertiary/aromatic N) is 1. The number of ether oxygens (including phenoxy) is 1.